The Morgan fingerprint density at radius 3 is 2.60 bits per heavy atom. The monoisotopic (exact) mass is 342 g/mol. The number of carbonyl (C=O) groups is 1. The van der Waals surface area contributed by atoms with E-state index in [0.717, 1.165) is 15.8 Å². The topological polar surface area (TPSA) is 44.8 Å². The van der Waals surface area contributed by atoms with Crippen LogP contribution in [0.4, 0.5) is 0 Å². The first-order valence-corrected chi connectivity index (χ1v) is 7.39. The molecule has 0 spiro atoms. The molecule has 1 saturated heterocycles. The van der Waals surface area contributed by atoms with Gasteiger partial charge in [-0.1, -0.05) is 6.07 Å². The first kappa shape index (κ1) is 15.5. The second kappa shape index (κ2) is 6.70. The summed E-state index contributed by atoms with van der Waals surface area (Å²) >= 11 is 3.44. The Morgan fingerprint density at radius 2 is 2.05 bits per heavy atom. The second-order valence-electron chi connectivity index (χ2n) is 4.88. The van der Waals surface area contributed by atoms with Crippen LogP contribution in [-0.4, -0.2) is 38.8 Å². The second-order valence-corrected chi connectivity index (χ2v) is 5.73. The van der Waals surface area contributed by atoms with Crippen molar-refractivity contribution in [3.8, 4) is 5.75 Å². The smallest absolute Gasteiger partial charge is 0.169 e. The van der Waals surface area contributed by atoms with E-state index >= 15 is 0 Å². The molecular formula is C15H19BrO4. The van der Waals surface area contributed by atoms with Crippen molar-refractivity contribution in [1.82, 2.24) is 0 Å². The molecule has 4 nitrogen and oxygen atoms in total. The minimum atomic E-state index is -0.690. The number of Topliss-reactive ketones (excluding diaryl/α,β-unsaturated/α-hetero) is 1. The SMILES string of the molecule is COc1ccc(CC(=O)C2(OC)CCOCC2)cc1Br. The Balaban J connectivity index is 2.12. The molecule has 0 aliphatic carbocycles. The number of ether oxygens (including phenoxy) is 3. The highest BCUT2D eigenvalue weighted by Gasteiger charge is 2.39. The molecular weight excluding hydrogens is 324 g/mol. The lowest BCUT2D eigenvalue weighted by molar-refractivity contribution is -0.151. The van der Waals surface area contributed by atoms with Gasteiger partial charge in [0.1, 0.15) is 11.4 Å². The molecule has 1 heterocycles. The predicted molar refractivity (Wildman–Crippen MR) is 79.2 cm³/mol. The van der Waals surface area contributed by atoms with E-state index in [1.54, 1.807) is 14.2 Å². The third-order valence-electron chi connectivity index (χ3n) is 3.78. The molecule has 5 heteroatoms. The van der Waals surface area contributed by atoms with Crippen molar-refractivity contribution in [2.45, 2.75) is 24.9 Å². The molecule has 0 amide bonds. The fourth-order valence-electron chi connectivity index (χ4n) is 2.46. The van der Waals surface area contributed by atoms with Crippen molar-refractivity contribution in [2.75, 3.05) is 27.4 Å². The first-order valence-electron chi connectivity index (χ1n) is 6.60. The maximum atomic E-state index is 12.6. The van der Waals surface area contributed by atoms with Gasteiger partial charge in [0.05, 0.1) is 11.6 Å². The zero-order chi connectivity index (χ0) is 14.6. The van der Waals surface area contributed by atoms with Crippen molar-refractivity contribution < 1.29 is 19.0 Å². The van der Waals surface area contributed by atoms with Crippen LogP contribution in [0.3, 0.4) is 0 Å². The van der Waals surface area contributed by atoms with Crippen molar-refractivity contribution in [3.63, 3.8) is 0 Å². The van der Waals surface area contributed by atoms with Gasteiger partial charge in [-0.15, -0.1) is 0 Å². The summed E-state index contributed by atoms with van der Waals surface area (Å²) in [5, 5.41) is 0. The normalized spacial score (nSPS) is 17.8. The van der Waals surface area contributed by atoms with Gasteiger partial charge < -0.3 is 14.2 Å². The van der Waals surface area contributed by atoms with E-state index in [2.05, 4.69) is 15.9 Å². The number of hydrogen-bond donors (Lipinski definition) is 0. The van der Waals surface area contributed by atoms with Crippen molar-refractivity contribution in [2.24, 2.45) is 0 Å². The molecule has 1 fully saturated rings. The van der Waals surface area contributed by atoms with E-state index in [0.29, 0.717) is 32.5 Å². The average Bonchev–Trinajstić information content (AvgIpc) is 2.48. The highest BCUT2D eigenvalue weighted by molar-refractivity contribution is 9.10. The molecule has 2 rings (SSSR count). The van der Waals surface area contributed by atoms with E-state index in [4.69, 9.17) is 14.2 Å². The molecule has 1 aliphatic heterocycles. The number of ketones is 1. The number of halogens is 1. The summed E-state index contributed by atoms with van der Waals surface area (Å²) in [6.45, 7) is 1.15. The first-order chi connectivity index (χ1) is 9.61. The molecule has 1 aromatic rings. The van der Waals surface area contributed by atoms with Crippen molar-refractivity contribution >= 4 is 21.7 Å². The summed E-state index contributed by atoms with van der Waals surface area (Å²) in [4.78, 5) is 12.6. The Hall–Kier alpha value is -0.910. The number of carbonyl (C=O) groups excluding carboxylic acids is 1. The lowest BCUT2D eigenvalue weighted by atomic mass is 9.86. The molecule has 0 aromatic heterocycles. The molecule has 0 N–H and O–H groups in total. The molecule has 1 aromatic carbocycles. The third kappa shape index (κ3) is 3.22. The highest BCUT2D eigenvalue weighted by Crippen LogP contribution is 2.29. The van der Waals surface area contributed by atoms with Gasteiger partial charge in [0.2, 0.25) is 0 Å². The van der Waals surface area contributed by atoms with E-state index < -0.39 is 5.60 Å². The van der Waals surface area contributed by atoms with Gasteiger partial charge in [-0.25, -0.2) is 0 Å². The van der Waals surface area contributed by atoms with Gasteiger partial charge in [0, 0.05) is 39.6 Å². The summed E-state index contributed by atoms with van der Waals surface area (Å²) in [7, 11) is 3.22. The molecule has 0 unspecified atom stereocenters. The summed E-state index contributed by atoms with van der Waals surface area (Å²) in [6, 6.07) is 5.68. The fourth-order valence-corrected chi connectivity index (χ4v) is 3.05. The number of benzene rings is 1. The Morgan fingerprint density at radius 1 is 1.35 bits per heavy atom. The lowest BCUT2D eigenvalue weighted by Crippen LogP contribution is -2.46. The average molecular weight is 343 g/mol. The Kier molecular flexibility index (Phi) is 5.18. The Bertz CT molecular complexity index is 481. The quantitative estimate of drug-likeness (QED) is 0.825. The predicted octanol–water partition coefficient (Wildman–Crippen LogP) is 2.76. The minimum absolute atomic E-state index is 0.111. The van der Waals surface area contributed by atoms with Crippen LogP contribution in [0, 0.1) is 0 Å². The lowest BCUT2D eigenvalue weighted by Gasteiger charge is -2.34. The Labute approximate surface area is 127 Å². The van der Waals surface area contributed by atoms with Crippen LogP contribution in [0.1, 0.15) is 18.4 Å². The van der Waals surface area contributed by atoms with Gasteiger partial charge in [0.25, 0.3) is 0 Å². The number of rotatable bonds is 5. The highest BCUT2D eigenvalue weighted by atomic mass is 79.9. The third-order valence-corrected chi connectivity index (χ3v) is 4.40. The minimum Gasteiger partial charge on any atom is -0.496 e. The van der Waals surface area contributed by atoms with Crippen LogP contribution in [-0.2, 0) is 20.7 Å². The van der Waals surface area contributed by atoms with Crippen LogP contribution in [0.5, 0.6) is 5.75 Å². The largest absolute Gasteiger partial charge is 0.496 e. The van der Waals surface area contributed by atoms with Crippen LogP contribution >= 0.6 is 15.9 Å². The van der Waals surface area contributed by atoms with Gasteiger partial charge in [-0.05, 0) is 33.6 Å². The van der Waals surface area contributed by atoms with E-state index in [1.807, 2.05) is 18.2 Å². The van der Waals surface area contributed by atoms with E-state index in [1.165, 1.54) is 0 Å². The zero-order valence-electron chi connectivity index (χ0n) is 11.8. The molecule has 0 saturated carbocycles. The van der Waals surface area contributed by atoms with Crippen LogP contribution in [0.2, 0.25) is 0 Å². The van der Waals surface area contributed by atoms with Crippen molar-refractivity contribution in [1.29, 1.82) is 0 Å². The maximum absolute atomic E-state index is 12.6. The number of methoxy groups -OCH3 is 2. The maximum Gasteiger partial charge on any atom is 0.169 e. The molecule has 0 bridgehead atoms. The molecule has 1 aliphatic rings. The molecule has 0 atom stereocenters. The fraction of sp³-hybridized carbons (Fsp3) is 0.533. The zero-order valence-corrected chi connectivity index (χ0v) is 13.4. The summed E-state index contributed by atoms with van der Waals surface area (Å²) in [6.07, 6.45) is 1.61. The number of hydrogen-bond acceptors (Lipinski definition) is 4. The van der Waals surface area contributed by atoms with E-state index in [9.17, 15) is 4.79 Å². The van der Waals surface area contributed by atoms with E-state index in [-0.39, 0.29) is 5.78 Å². The van der Waals surface area contributed by atoms with Crippen LogP contribution < -0.4 is 4.74 Å². The van der Waals surface area contributed by atoms with Crippen LogP contribution in [0.25, 0.3) is 0 Å². The van der Waals surface area contributed by atoms with Gasteiger partial charge in [0.15, 0.2) is 5.78 Å². The van der Waals surface area contributed by atoms with Crippen LogP contribution in [0.15, 0.2) is 22.7 Å². The summed E-state index contributed by atoms with van der Waals surface area (Å²) < 4.78 is 16.9. The van der Waals surface area contributed by atoms with Gasteiger partial charge >= 0.3 is 0 Å². The van der Waals surface area contributed by atoms with Gasteiger partial charge in [-0.2, -0.15) is 0 Å². The van der Waals surface area contributed by atoms with Crippen molar-refractivity contribution in [3.05, 3.63) is 28.2 Å². The molecule has 110 valence electrons. The molecule has 0 radical (unpaired) electrons. The summed E-state index contributed by atoms with van der Waals surface area (Å²) in [5.74, 6) is 0.870. The summed E-state index contributed by atoms with van der Waals surface area (Å²) in [5.41, 5.74) is 0.260. The standard InChI is InChI=1S/C15H19BrO4/c1-18-13-4-3-11(9-12(13)16)10-14(17)15(19-2)5-7-20-8-6-15/h3-4,9H,5-8,10H2,1-2H3. The molecule has 20 heavy (non-hydrogen) atoms. The van der Waals surface area contributed by atoms with Gasteiger partial charge in [-0.3, -0.25) is 4.79 Å².